The topological polar surface area (TPSA) is 38.9 Å². The van der Waals surface area contributed by atoms with Crippen LogP contribution in [0.25, 0.3) is 10.9 Å². The number of aromatic nitrogens is 1. The van der Waals surface area contributed by atoms with E-state index >= 15 is 0 Å². The molecule has 72 valence electrons. The third-order valence-corrected chi connectivity index (χ3v) is 2.89. The number of rotatable bonds is 1. The van der Waals surface area contributed by atoms with E-state index in [-0.39, 0.29) is 6.04 Å². The molecule has 14 heavy (non-hydrogen) atoms. The highest BCUT2D eigenvalue weighted by molar-refractivity contribution is 9.10. The summed E-state index contributed by atoms with van der Waals surface area (Å²) < 4.78 is 1.01. The van der Waals surface area contributed by atoms with E-state index in [0.29, 0.717) is 0 Å². The van der Waals surface area contributed by atoms with Gasteiger partial charge in [0.2, 0.25) is 0 Å². The van der Waals surface area contributed by atoms with Gasteiger partial charge in [0.25, 0.3) is 0 Å². The van der Waals surface area contributed by atoms with Crippen molar-refractivity contribution in [1.29, 1.82) is 0 Å². The lowest BCUT2D eigenvalue weighted by Gasteiger charge is -2.09. The summed E-state index contributed by atoms with van der Waals surface area (Å²) in [5.74, 6) is 0. The highest BCUT2D eigenvalue weighted by atomic mass is 79.9. The first kappa shape index (κ1) is 9.62. The number of fused-ring (bicyclic) bond motifs is 1. The molecule has 0 bridgehead atoms. The molecular formula is C11H11BrN2. The summed E-state index contributed by atoms with van der Waals surface area (Å²) in [5.41, 5.74) is 8.00. The smallest absolute Gasteiger partial charge is 0.0847 e. The quantitative estimate of drug-likeness (QED) is 0.846. The van der Waals surface area contributed by atoms with Crippen LogP contribution in [0, 0.1) is 0 Å². The van der Waals surface area contributed by atoms with E-state index in [0.717, 1.165) is 20.9 Å². The predicted octanol–water partition coefficient (Wildman–Crippen LogP) is 3.02. The maximum absolute atomic E-state index is 5.89. The van der Waals surface area contributed by atoms with Crippen LogP contribution in [0.4, 0.5) is 0 Å². The van der Waals surface area contributed by atoms with Gasteiger partial charge in [-0.25, -0.2) is 0 Å². The SMILES string of the molecule is CC(N)c1ccnc2c(Br)cccc12. The van der Waals surface area contributed by atoms with Gasteiger partial charge < -0.3 is 5.73 Å². The number of hydrogen-bond donors (Lipinski definition) is 1. The molecule has 3 heteroatoms. The zero-order chi connectivity index (χ0) is 10.1. The fourth-order valence-corrected chi connectivity index (χ4v) is 2.03. The van der Waals surface area contributed by atoms with Crippen molar-refractivity contribution in [3.8, 4) is 0 Å². The van der Waals surface area contributed by atoms with Gasteiger partial charge in [-0.3, -0.25) is 4.98 Å². The molecule has 2 nitrogen and oxygen atoms in total. The Labute approximate surface area is 91.3 Å². The van der Waals surface area contributed by atoms with Crippen molar-refractivity contribution < 1.29 is 0 Å². The fraction of sp³-hybridized carbons (Fsp3) is 0.182. The van der Waals surface area contributed by atoms with E-state index < -0.39 is 0 Å². The Bertz CT molecular complexity index is 466. The summed E-state index contributed by atoms with van der Waals surface area (Å²) in [6.45, 7) is 1.98. The number of benzene rings is 1. The van der Waals surface area contributed by atoms with Gasteiger partial charge in [-0.1, -0.05) is 12.1 Å². The third-order valence-electron chi connectivity index (χ3n) is 2.25. The second-order valence-electron chi connectivity index (χ2n) is 3.32. The van der Waals surface area contributed by atoms with E-state index in [1.807, 2.05) is 31.2 Å². The molecule has 0 spiro atoms. The van der Waals surface area contributed by atoms with E-state index in [9.17, 15) is 0 Å². The average Bonchev–Trinajstić information content (AvgIpc) is 2.17. The first-order valence-corrected chi connectivity index (χ1v) is 5.28. The molecule has 1 aromatic heterocycles. The second kappa shape index (κ2) is 3.67. The molecule has 0 aliphatic rings. The second-order valence-corrected chi connectivity index (χ2v) is 4.18. The van der Waals surface area contributed by atoms with Gasteiger partial charge >= 0.3 is 0 Å². The van der Waals surface area contributed by atoms with Crippen molar-refractivity contribution in [2.24, 2.45) is 5.73 Å². The minimum absolute atomic E-state index is 0.0369. The molecule has 1 unspecified atom stereocenters. The molecule has 0 radical (unpaired) electrons. The first-order chi connectivity index (χ1) is 6.70. The number of nitrogens with zero attached hydrogens (tertiary/aromatic N) is 1. The monoisotopic (exact) mass is 250 g/mol. The van der Waals surface area contributed by atoms with Gasteiger partial charge in [0.1, 0.15) is 0 Å². The minimum atomic E-state index is 0.0369. The highest BCUT2D eigenvalue weighted by Gasteiger charge is 2.06. The van der Waals surface area contributed by atoms with Crippen molar-refractivity contribution in [3.63, 3.8) is 0 Å². The molecule has 2 N–H and O–H groups in total. The van der Waals surface area contributed by atoms with Gasteiger partial charge in [-0.2, -0.15) is 0 Å². The van der Waals surface area contributed by atoms with Gasteiger partial charge in [-0.15, -0.1) is 0 Å². The van der Waals surface area contributed by atoms with E-state index in [1.54, 1.807) is 6.20 Å². The number of nitrogens with two attached hydrogens (primary N) is 1. The summed E-state index contributed by atoms with van der Waals surface area (Å²) in [7, 11) is 0. The fourth-order valence-electron chi connectivity index (χ4n) is 1.56. The predicted molar refractivity (Wildman–Crippen MR) is 62.0 cm³/mol. The maximum Gasteiger partial charge on any atom is 0.0847 e. The lowest BCUT2D eigenvalue weighted by molar-refractivity contribution is 0.825. The zero-order valence-corrected chi connectivity index (χ0v) is 9.45. The molecule has 0 saturated carbocycles. The molecule has 0 fully saturated rings. The summed E-state index contributed by atoms with van der Waals surface area (Å²) in [6.07, 6.45) is 1.80. The van der Waals surface area contributed by atoms with Crippen molar-refractivity contribution in [2.75, 3.05) is 0 Å². The van der Waals surface area contributed by atoms with Crippen LogP contribution in [0.1, 0.15) is 18.5 Å². The first-order valence-electron chi connectivity index (χ1n) is 4.49. The minimum Gasteiger partial charge on any atom is -0.324 e. The summed E-state index contributed by atoms with van der Waals surface area (Å²) in [5, 5.41) is 1.12. The van der Waals surface area contributed by atoms with Gasteiger partial charge in [0.15, 0.2) is 0 Å². The number of hydrogen-bond acceptors (Lipinski definition) is 2. The maximum atomic E-state index is 5.89. The van der Waals surface area contributed by atoms with E-state index in [2.05, 4.69) is 20.9 Å². The van der Waals surface area contributed by atoms with Crippen molar-refractivity contribution in [2.45, 2.75) is 13.0 Å². The summed E-state index contributed by atoms with van der Waals surface area (Å²) in [6, 6.07) is 8.04. The van der Waals surface area contributed by atoms with Crippen LogP contribution in [0.3, 0.4) is 0 Å². The standard InChI is InChI=1S/C11H11BrN2/c1-7(13)8-5-6-14-11-9(8)3-2-4-10(11)12/h2-7H,13H2,1H3. The lowest BCUT2D eigenvalue weighted by atomic mass is 10.0. The third kappa shape index (κ3) is 1.53. The molecule has 2 rings (SSSR count). The number of halogens is 1. The largest absolute Gasteiger partial charge is 0.324 e. The van der Waals surface area contributed by atoms with Crippen LogP contribution in [-0.4, -0.2) is 4.98 Å². The molecule has 0 aliphatic carbocycles. The Morgan fingerprint density at radius 1 is 1.36 bits per heavy atom. The Balaban J connectivity index is 2.81. The molecule has 1 heterocycles. The normalized spacial score (nSPS) is 13.1. The van der Waals surface area contributed by atoms with Crippen LogP contribution in [0.2, 0.25) is 0 Å². The molecule has 1 atom stereocenters. The Kier molecular flexibility index (Phi) is 2.52. The van der Waals surface area contributed by atoms with Gasteiger partial charge in [0, 0.05) is 22.1 Å². The summed E-state index contributed by atoms with van der Waals surface area (Å²) in [4.78, 5) is 4.32. The molecule has 2 aromatic rings. The van der Waals surface area contributed by atoms with Crippen LogP contribution in [-0.2, 0) is 0 Å². The van der Waals surface area contributed by atoms with Crippen LogP contribution < -0.4 is 5.73 Å². The molecular weight excluding hydrogens is 240 g/mol. The van der Waals surface area contributed by atoms with Gasteiger partial charge in [0.05, 0.1) is 5.52 Å². The average molecular weight is 251 g/mol. The Morgan fingerprint density at radius 2 is 2.14 bits per heavy atom. The van der Waals surface area contributed by atoms with Crippen LogP contribution in [0.5, 0.6) is 0 Å². The lowest BCUT2D eigenvalue weighted by Crippen LogP contribution is -2.05. The molecule has 0 saturated heterocycles. The molecule has 1 aromatic carbocycles. The van der Waals surface area contributed by atoms with E-state index in [1.165, 1.54) is 0 Å². The zero-order valence-electron chi connectivity index (χ0n) is 7.87. The number of para-hydroxylation sites is 1. The van der Waals surface area contributed by atoms with Crippen LogP contribution >= 0.6 is 15.9 Å². The summed E-state index contributed by atoms with van der Waals surface area (Å²) >= 11 is 3.48. The van der Waals surface area contributed by atoms with E-state index in [4.69, 9.17) is 5.73 Å². The Morgan fingerprint density at radius 3 is 2.86 bits per heavy atom. The Hall–Kier alpha value is -0.930. The van der Waals surface area contributed by atoms with Crippen molar-refractivity contribution >= 4 is 26.8 Å². The van der Waals surface area contributed by atoms with Gasteiger partial charge in [-0.05, 0) is 40.5 Å². The highest BCUT2D eigenvalue weighted by Crippen LogP contribution is 2.26. The van der Waals surface area contributed by atoms with Crippen molar-refractivity contribution in [1.82, 2.24) is 4.98 Å². The number of pyridine rings is 1. The molecule has 0 aliphatic heterocycles. The molecule has 0 amide bonds. The van der Waals surface area contributed by atoms with Crippen molar-refractivity contribution in [3.05, 3.63) is 40.5 Å². The van der Waals surface area contributed by atoms with Crippen LogP contribution in [0.15, 0.2) is 34.9 Å².